The van der Waals surface area contributed by atoms with Gasteiger partial charge in [0.25, 0.3) is 0 Å². The van der Waals surface area contributed by atoms with Crippen molar-refractivity contribution in [3.63, 3.8) is 0 Å². The highest BCUT2D eigenvalue weighted by Crippen LogP contribution is 2.43. The molecule has 3 rings (SSSR count). The standard InChI is InChI=1S/C17H23N3O/c1-12-19-15(21-20-12)9-11-18-16-14-7-5-4-6-13(14)8-10-17(16,2)3/h4-7,16,18H,8-11H2,1-3H3. The van der Waals surface area contributed by atoms with Gasteiger partial charge in [-0.3, -0.25) is 0 Å². The van der Waals surface area contributed by atoms with Gasteiger partial charge in [0.15, 0.2) is 5.82 Å². The molecule has 1 aromatic carbocycles. The van der Waals surface area contributed by atoms with Crippen LogP contribution >= 0.6 is 0 Å². The van der Waals surface area contributed by atoms with E-state index in [9.17, 15) is 0 Å². The molecule has 112 valence electrons. The Balaban J connectivity index is 1.70. The van der Waals surface area contributed by atoms with Crippen LogP contribution < -0.4 is 5.32 Å². The summed E-state index contributed by atoms with van der Waals surface area (Å²) >= 11 is 0. The van der Waals surface area contributed by atoms with E-state index in [1.807, 2.05) is 6.92 Å². The van der Waals surface area contributed by atoms with Gasteiger partial charge >= 0.3 is 0 Å². The maximum absolute atomic E-state index is 5.17. The van der Waals surface area contributed by atoms with Crippen molar-refractivity contribution in [2.75, 3.05) is 6.54 Å². The average Bonchev–Trinajstić information content (AvgIpc) is 2.87. The summed E-state index contributed by atoms with van der Waals surface area (Å²) in [4.78, 5) is 4.26. The Hall–Kier alpha value is -1.68. The molecular weight excluding hydrogens is 262 g/mol. The van der Waals surface area contributed by atoms with Crippen LogP contribution in [0.4, 0.5) is 0 Å². The largest absolute Gasteiger partial charge is 0.339 e. The Kier molecular flexibility index (Phi) is 3.81. The lowest BCUT2D eigenvalue weighted by Crippen LogP contribution is -2.39. The van der Waals surface area contributed by atoms with E-state index in [0.29, 0.717) is 17.8 Å². The molecule has 4 heteroatoms. The quantitative estimate of drug-likeness (QED) is 0.937. The fourth-order valence-corrected chi connectivity index (χ4v) is 3.22. The molecule has 1 aliphatic rings. The summed E-state index contributed by atoms with van der Waals surface area (Å²) in [5.74, 6) is 1.41. The molecule has 21 heavy (non-hydrogen) atoms. The summed E-state index contributed by atoms with van der Waals surface area (Å²) < 4.78 is 5.17. The zero-order chi connectivity index (χ0) is 14.9. The second-order valence-corrected chi connectivity index (χ2v) is 6.56. The van der Waals surface area contributed by atoms with Crippen LogP contribution in [0.1, 0.15) is 49.2 Å². The van der Waals surface area contributed by atoms with Crippen LogP contribution in [0.2, 0.25) is 0 Å². The van der Waals surface area contributed by atoms with Crippen LogP contribution in [0.25, 0.3) is 0 Å². The van der Waals surface area contributed by atoms with E-state index in [0.717, 1.165) is 13.0 Å². The molecule has 1 atom stereocenters. The topological polar surface area (TPSA) is 51.0 Å². The third kappa shape index (κ3) is 3.00. The highest BCUT2D eigenvalue weighted by Gasteiger charge is 2.35. The van der Waals surface area contributed by atoms with Gasteiger partial charge in [0, 0.05) is 19.0 Å². The first-order chi connectivity index (χ1) is 10.1. The zero-order valence-corrected chi connectivity index (χ0v) is 13.0. The number of nitrogens with one attached hydrogen (secondary N) is 1. The number of rotatable bonds is 4. The molecule has 0 bridgehead atoms. The Labute approximate surface area is 126 Å². The van der Waals surface area contributed by atoms with Gasteiger partial charge in [0.2, 0.25) is 5.89 Å². The predicted molar refractivity (Wildman–Crippen MR) is 82.0 cm³/mol. The molecule has 0 aliphatic heterocycles. The van der Waals surface area contributed by atoms with Gasteiger partial charge in [-0.25, -0.2) is 0 Å². The highest BCUT2D eigenvalue weighted by atomic mass is 16.5. The highest BCUT2D eigenvalue weighted by molar-refractivity contribution is 5.34. The van der Waals surface area contributed by atoms with Crippen molar-refractivity contribution < 1.29 is 4.52 Å². The summed E-state index contributed by atoms with van der Waals surface area (Å²) in [6.07, 6.45) is 3.15. The second kappa shape index (κ2) is 5.60. The molecule has 1 heterocycles. The minimum atomic E-state index is 0.263. The lowest BCUT2D eigenvalue weighted by atomic mass is 9.70. The van der Waals surface area contributed by atoms with Gasteiger partial charge in [-0.2, -0.15) is 4.98 Å². The molecule has 0 fully saturated rings. The number of aryl methyl sites for hydroxylation is 2. The van der Waals surface area contributed by atoms with Gasteiger partial charge in [-0.15, -0.1) is 0 Å². The van der Waals surface area contributed by atoms with Crippen LogP contribution in [0.3, 0.4) is 0 Å². The van der Waals surface area contributed by atoms with Crippen molar-refractivity contribution in [2.45, 2.75) is 46.1 Å². The molecule has 4 nitrogen and oxygen atoms in total. The minimum Gasteiger partial charge on any atom is -0.339 e. The molecule has 1 unspecified atom stereocenters. The van der Waals surface area contributed by atoms with Crippen LogP contribution in [0.15, 0.2) is 28.8 Å². The Morgan fingerprint density at radius 2 is 2.14 bits per heavy atom. The molecule has 0 saturated heterocycles. The van der Waals surface area contributed by atoms with E-state index in [-0.39, 0.29) is 5.41 Å². The maximum Gasteiger partial charge on any atom is 0.227 e. The minimum absolute atomic E-state index is 0.263. The third-order valence-corrected chi connectivity index (χ3v) is 4.44. The summed E-state index contributed by atoms with van der Waals surface area (Å²) in [5.41, 5.74) is 3.18. The normalized spacial score (nSPS) is 20.2. The molecule has 1 aromatic heterocycles. The summed E-state index contributed by atoms with van der Waals surface area (Å²) in [6, 6.07) is 9.16. The van der Waals surface area contributed by atoms with Crippen molar-refractivity contribution in [3.05, 3.63) is 47.1 Å². The van der Waals surface area contributed by atoms with Crippen molar-refractivity contribution in [2.24, 2.45) is 5.41 Å². The van der Waals surface area contributed by atoms with Gasteiger partial charge in [0.05, 0.1) is 0 Å². The van der Waals surface area contributed by atoms with E-state index < -0.39 is 0 Å². The van der Waals surface area contributed by atoms with E-state index in [2.05, 4.69) is 53.6 Å². The van der Waals surface area contributed by atoms with Gasteiger partial charge in [-0.1, -0.05) is 43.3 Å². The Bertz CT molecular complexity index is 618. The van der Waals surface area contributed by atoms with Crippen LogP contribution in [-0.4, -0.2) is 16.7 Å². The molecule has 0 amide bonds. The van der Waals surface area contributed by atoms with Gasteiger partial charge in [0.1, 0.15) is 0 Å². The lowest BCUT2D eigenvalue weighted by molar-refractivity contribution is 0.208. The monoisotopic (exact) mass is 285 g/mol. The van der Waals surface area contributed by atoms with E-state index in [1.54, 1.807) is 0 Å². The first-order valence-electron chi connectivity index (χ1n) is 7.67. The van der Waals surface area contributed by atoms with Crippen molar-refractivity contribution >= 4 is 0 Å². The van der Waals surface area contributed by atoms with E-state index >= 15 is 0 Å². The molecule has 0 spiro atoms. The Morgan fingerprint density at radius 3 is 2.90 bits per heavy atom. The number of nitrogens with zero attached hydrogens (tertiary/aromatic N) is 2. The number of aromatic nitrogens is 2. The predicted octanol–water partition coefficient (Wildman–Crippen LogP) is 3.22. The molecule has 1 N–H and O–H groups in total. The first-order valence-corrected chi connectivity index (χ1v) is 7.67. The van der Waals surface area contributed by atoms with Crippen LogP contribution in [0.5, 0.6) is 0 Å². The zero-order valence-electron chi connectivity index (χ0n) is 13.0. The smallest absolute Gasteiger partial charge is 0.227 e. The average molecular weight is 285 g/mol. The van der Waals surface area contributed by atoms with Crippen LogP contribution in [-0.2, 0) is 12.8 Å². The third-order valence-electron chi connectivity index (χ3n) is 4.44. The van der Waals surface area contributed by atoms with Gasteiger partial charge in [-0.05, 0) is 36.3 Å². The summed E-state index contributed by atoms with van der Waals surface area (Å²) in [7, 11) is 0. The van der Waals surface area contributed by atoms with Crippen molar-refractivity contribution in [1.29, 1.82) is 0 Å². The number of hydrogen-bond acceptors (Lipinski definition) is 4. The SMILES string of the molecule is Cc1noc(CCNC2c3ccccc3CCC2(C)C)n1. The van der Waals surface area contributed by atoms with Crippen LogP contribution in [0, 0.1) is 12.3 Å². The summed E-state index contributed by atoms with van der Waals surface area (Å²) in [5, 5.41) is 7.53. The fourth-order valence-electron chi connectivity index (χ4n) is 3.22. The number of hydrogen-bond donors (Lipinski definition) is 1. The maximum atomic E-state index is 5.17. The Morgan fingerprint density at radius 1 is 1.33 bits per heavy atom. The second-order valence-electron chi connectivity index (χ2n) is 6.56. The lowest BCUT2D eigenvalue weighted by Gasteiger charge is -2.40. The fraction of sp³-hybridized carbons (Fsp3) is 0.529. The molecule has 0 radical (unpaired) electrons. The molecular formula is C17H23N3O. The van der Waals surface area contributed by atoms with Crippen molar-refractivity contribution in [1.82, 2.24) is 15.5 Å². The molecule has 0 saturated carbocycles. The number of benzene rings is 1. The number of fused-ring (bicyclic) bond motifs is 1. The summed E-state index contributed by atoms with van der Waals surface area (Å²) in [6.45, 7) is 7.39. The van der Waals surface area contributed by atoms with E-state index in [1.165, 1.54) is 24.0 Å². The molecule has 1 aliphatic carbocycles. The molecule has 2 aromatic rings. The van der Waals surface area contributed by atoms with E-state index in [4.69, 9.17) is 4.52 Å². The van der Waals surface area contributed by atoms with Crippen molar-refractivity contribution in [3.8, 4) is 0 Å². The first kappa shape index (κ1) is 14.3. The van der Waals surface area contributed by atoms with Gasteiger partial charge < -0.3 is 9.84 Å².